The molecule has 0 bridgehead atoms. The Morgan fingerprint density at radius 2 is 2.33 bits per heavy atom. The Morgan fingerprint density at radius 1 is 1.42 bits per heavy atom. The molecule has 0 spiro atoms. The molecule has 7 heteroatoms. The van der Waals surface area contributed by atoms with Gasteiger partial charge in [-0.2, -0.15) is 0 Å². The van der Waals surface area contributed by atoms with Gasteiger partial charge >= 0.3 is 0 Å². The first-order chi connectivity index (χ1) is 11.7. The van der Waals surface area contributed by atoms with E-state index in [4.69, 9.17) is 4.52 Å². The van der Waals surface area contributed by atoms with Gasteiger partial charge < -0.3 is 9.84 Å². The van der Waals surface area contributed by atoms with Crippen molar-refractivity contribution in [1.29, 1.82) is 0 Å². The zero-order chi connectivity index (χ0) is 16.5. The zero-order valence-corrected chi connectivity index (χ0v) is 14.8. The van der Waals surface area contributed by atoms with Crippen LogP contribution in [0.5, 0.6) is 0 Å². The van der Waals surface area contributed by atoms with E-state index in [1.54, 1.807) is 24.3 Å². The molecule has 0 saturated carbocycles. The maximum Gasteiger partial charge on any atom is 0.239 e. The summed E-state index contributed by atoms with van der Waals surface area (Å²) in [6, 6.07) is 8.28. The van der Waals surface area contributed by atoms with Gasteiger partial charge in [0.2, 0.25) is 5.91 Å². The molecule has 0 fully saturated rings. The van der Waals surface area contributed by atoms with Crippen molar-refractivity contribution < 1.29 is 9.32 Å². The van der Waals surface area contributed by atoms with Gasteiger partial charge in [-0.3, -0.25) is 9.69 Å². The molecule has 4 heterocycles. The smallest absolute Gasteiger partial charge is 0.239 e. The molecule has 5 nitrogen and oxygen atoms in total. The van der Waals surface area contributed by atoms with Crippen molar-refractivity contribution in [2.24, 2.45) is 0 Å². The van der Waals surface area contributed by atoms with Gasteiger partial charge in [-0.1, -0.05) is 11.2 Å². The molecule has 0 radical (unpaired) electrons. The Labute approximate surface area is 147 Å². The maximum atomic E-state index is 12.4. The molecule has 1 aliphatic heterocycles. The number of anilines is 1. The highest BCUT2D eigenvalue weighted by Gasteiger charge is 2.31. The molecule has 1 N–H and O–H groups in total. The van der Waals surface area contributed by atoms with Crippen LogP contribution in [-0.4, -0.2) is 29.1 Å². The van der Waals surface area contributed by atoms with Gasteiger partial charge in [0.25, 0.3) is 0 Å². The number of aromatic nitrogens is 1. The number of nitrogens with one attached hydrogen (secondary N) is 1. The number of rotatable bonds is 4. The van der Waals surface area contributed by atoms with Crippen LogP contribution in [0.3, 0.4) is 0 Å². The number of nitrogens with zero attached hydrogens (tertiary/aromatic N) is 2. The van der Waals surface area contributed by atoms with Gasteiger partial charge in [-0.25, -0.2) is 0 Å². The molecule has 4 rings (SSSR count). The third-order valence-corrected chi connectivity index (χ3v) is 6.04. The van der Waals surface area contributed by atoms with Gasteiger partial charge in [0.1, 0.15) is 5.76 Å². The minimum Gasteiger partial charge on any atom is -0.360 e. The number of fused-ring (bicyclic) bond motifs is 1. The van der Waals surface area contributed by atoms with Gasteiger partial charge in [0.05, 0.1) is 12.6 Å². The minimum absolute atomic E-state index is 0.0662. The molecule has 3 aromatic rings. The monoisotopic (exact) mass is 359 g/mol. The normalized spacial score (nSPS) is 17.6. The lowest BCUT2D eigenvalue weighted by Gasteiger charge is -2.34. The van der Waals surface area contributed by atoms with E-state index in [1.165, 1.54) is 15.3 Å². The molecule has 1 amide bonds. The van der Waals surface area contributed by atoms with Crippen molar-refractivity contribution >= 4 is 34.4 Å². The summed E-state index contributed by atoms with van der Waals surface area (Å²) in [5, 5.41) is 10.9. The first-order valence-electron chi connectivity index (χ1n) is 7.77. The summed E-state index contributed by atoms with van der Waals surface area (Å²) in [7, 11) is 0. The van der Waals surface area contributed by atoms with Crippen LogP contribution in [0.15, 0.2) is 39.5 Å². The SMILES string of the molecule is Cc1cc(NC(=O)CN2CCc3sccc3[C@H]2c2cccs2)no1. The van der Waals surface area contributed by atoms with Crippen LogP contribution in [0.4, 0.5) is 5.82 Å². The highest BCUT2D eigenvalue weighted by Crippen LogP contribution is 2.39. The summed E-state index contributed by atoms with van der Waals surface area (Å²) in [5.74, 6) is 1.09. The van der Waals surface area contributed by atoms with Crippen LogP contribution in [-0.2, 0) is 11.2 Å². The molecule has 124 valence electrons. The van der Waals surface area contributed by atoms with Crippen LogP contribution in [0.2, 0.25) is 0 Å². The quantitative estimate of drug-likeness (QED) is 0.772. The van der Waals surface area contributed by atoms with E-state index in [0.29, 0.717) is 18.1 Å². The Morgan fingerprint density at radius 3 is 3.08 bits per heavy atom. The molecule has 0 aliphatic carbocycles. The Kier molecular flexibility index (Phi) is 4.22. The molecule has 24 heavy (non-hydrogen) atoms. The second-order valence-corrected chi connectivity index (χ2v) is 7.79. The van der Waals surface area contributed by atoms with Crippen LogP contribution < -0.4 is 5.32 Å². The Hall–Kier alpha value is -1.96. The number of hydrogen-bond donors (Lipinski definition) is 1. The van der Waals surface area contributed by atoms with E-state index >= 15 is 0 Å². The Balaban J connectivity index is 1.54. The number of thiophene rings is 2. The standard InChI is InChI=1S/C17H17N3O2S2/c1-11-9-15(19-22-11)18-16(21)10-20-6-4-13-12(5-8-24-13)17(20)14-3-2-7-23-14/h2-3,5,7-9,17H,4,6,10H2,1H3,(H,18,19,21)/t17-/m0/s1. The van der Waals surface area contributed by atoms with Gasteiger partial charge in [0.15, 0.2) is 5.82 Å². The van der Waals surface area contributed by atoms with Gasteiger partial charge in [0, 0.05) is 22.4 Å². The lowest BCUT2D eigenvalue weighted by Crippen LogP contribution is -2.40. The predicted molar refractivity (Wildman–Crippen MR) is 95.6 cm³/mol. The van der Waals surface area contributed by atoms with Crippen molar-refractivity contribution in [3.63, 3.8) is 0 Å². The number of carbonyl (C=O) groups excluding carboxylic acids is 1. The summed E-state index contributed by atoms with van der Waals surface area (Å²) >= 11 is 3.55. The molecular weight excluding hydrogens is 342 g/mol. The van der Waals surface area contributed by atoms with Crippen molar-refractivity contribution in [2.45, 2.75) is 19.4 Å². The molecule has 0 aromatic carbocycles. The van der Waals surface area contributed by atoms with Crippen LogP contribution >= 0.6 is 22.7 Å². The second kappa shape index (κ2) is 6.51. The molecular formula is C17H17N3O2S2. The third-order valence-electron chi connectivity index (χ3n) is 4.12. The van der Waals surface area contributed by atoms with Crippen LogP contribution in [0, 0.1) is 6.92 Å². The summed E-state index contributed by atoms with van der Waals surface area (Å²) in [6.45, 7) is 3.02. The van der Waals surface area contributed by atoms with E-state index in [1.807, 2.05) is 11.3 Å². The Bertz CT molecular complexity index is 838. The molecule has 1 aliphatic rings. The summed E-state index contributed by atoms with van der Waals surface area (Å²) < 4.78 is 5.00. The molecule has 0 unspecified atom stereocenters. The number of aryl methyl sites for hydroxylation is 1. The average molecular weight is 359 g/mol. The highest BCUT2D eigenvalue weighted by atomic mass is 32.1. The van der Waals surface area contributed by atoms with Crippen molar-refractivity contribution in [3.05, 3.63) is 56.1 Å². The molecule has 0 saturated heterocycles. The molecule has 3 aromatic heterocycles. The van der Waals surface area contributed by atoms with Crippen molar-refractivity contribution in [3.8, 4) is 0 Å². The summed E-state index contributed by atoms with van der Waals surface area (Å²) in [4.78, 5) is 17.4. The van der Waals surface area contributed by atoms with Crippen LogP contribution in [0.1, 0.15) is 27.1 Å². The second-order valence-electron chi connectivity index (χ2n) is 5.81. The van der Waals surface area contributed by atoms with Crippen molar-refractivity contribution in [2.75, 3.05) is 18.4 Å². The number of hydrogen-bond acceptors (Lipinski definition) is 6. The first kappa shape index (κ1) is 15.6. The summed E-state index contributed by atoms with van der Waals surface area (Å²) in [5.41, 5.74) is 1.33. The topological polar surface area (TPSA) is 58.4 Å². The lowest BCUT2D eigenvalue weighted by molar-refractivity contribution is -0.117. The number of carbonyl (C=O) groups is 1. The number of amides is 1. The van der Waals surface area contributed by atoms with E-state index < -0.39 is 0 Å². The zero-order valence-electron chi connectivity index (χ0n) is 13.2. The fourth-order valence-electron chi connectivity index (χ4n) is 3.11. The van der Waals surface area contributed by atoms with E-state index in [2.05, 4.69) is 44.3 Å². The van der Waals surface area contributed by atoms with E-state index in [9.17, 15) is 4.79 Å². The minimum atomic E-state index is -0.0662. The predicted octanol–water partition coefficient (Wildman–Crippen LogP) is 3.69. The van der Waals surface area contributed by atoms with Gasteiger partial charge in [-0.15, -0.1) is 22.7 Å². The summed E-state index contributed by atoms with van der Waals surface area (Å²) in [6.07, 6.45) is 0.991. The fraction of sp³-hybridized carbons (Fsp3) is 0.294. The molecule has 1 atom stereocenters. The average Bonchev–Trinajstić information content (AvgIpc) is 3.28. The van der Waals surface area contributed by atoms with E-state index in [0.717, 1.165) is 13.0 Å². The van der Waals surface area contributed by atoms with Gasteiger partial charge in [-0.05, 0) is 41.8 Å². The van der Waals surface area contributed by atoms with Crippen molar-refractivity contribution in [1.82, 2.24) is 10.1 Å². The fourth-order valence-corrected chi connectivity index (χ4v) is 4.89. The maximum absolute atomic E-state index is 12.4. The lowest BCUT2D eigenvalue weighted by atomic mass is 9.98. The largest absolute Gasteiger partial charge is 0.360 e. The first-order valence-corrected chi connectivity index (χ1v) is 9.53. The highest BCUT2D eigenvalue weighted by molar-refractivity contribution is 7.10. The van der Waals surface area contributed by atoms with E-state index in [-0.39, 0.29) is 11.9 Å². The van der Waals surface area contributed by atoms with Crippen LogP contribution in [0.25, 0.3) is 0 Å². The third kappa shape index (κ3) is 3.02.